The maximum absolute atomic E-state index is 13.7. The Morgan fingerprint density at radius 2 is 2.05 bits per heavy atom. The minimum atomic E-state index is -3.57. The second-order valence-electron chi connectivity index (χ2n) is 6.28. The first kappa shape index (κ1) is 16.4. The van der Waals surface area contributed by atoms with Gasteiger partial charge in [-0.05, 0) is 42.5 Å². The van der Waals surface area contributed by atoms with Gasteiger partial charge in [-0.15, -0.1) is 0 Å². The molecule has 21 heavy (non-hydrogen) atoms. The monoisotopic (exact) mass is 314 g/mol. The molecule has 1 fully saturated rings. The van der Waals surface area contributed by atoms with Crippen molar-refractivity contribution in [3.63, 3.8) is 0 Å². The molecule has 1 atom stereocenters. The standard InChI is InChI=1S/C15H23FN2O2S/c1-4-17-9-11-7-13(5-6-14(11)16)21(19,20)18-10-12-8-15(12,2)3/h5-7,12,17-18H,4,8-10H2,1-3H3. The molecule has 0 aliphatic heterocycles. The lowest BCUT2D eigenvalue weighted by molar-refractivity contribution is 0.537. The molecule has 0 saturated heterocycles. The van der Waals surface area contributed by atoms with Gasteiger partial charge in [-0.2, -0.15) is 0 Å². The number of benzene rings is 1. The second-order valence-corrected chi connectivity index (χ2v) is 8.04. The number of rotatable bonds is 7. The smallest absolute Gasteiger partial charge is 0.240 e. The van der Waals surface area contributed by atoms with Crippen LogP contribution in [0.15, 0.2) is 23.1 Å². The van der Waals surface area contributed by atoms with Crippen molar-refractivity contribution >= 4 is 10.0 Å². The van der Waals surface area contributed by atoms with Gasteiger partial charge in [0.25, 0.3) is 0 Å². The van der Waals surface area contributed by atoms with E-state index in [4.69, 9.17) is 0 Å². The summed E-state index contributed by atoms with van der Waals surface area (Å²) in [5.74, 6) is -0.00724. The lowest BCUT2D eigenvalue weighted by atomic mass is 10.1. The SMILES string of the molecule is CCNCc1cc(S(=O)(=O)NCC2CC2(C)C)ccc1F. The molecule has 1 unspecified atom stereocenters. The zero-order valence-electron chi connectivity index (χ0n) is 12.7. The van der Waals surface area contributed by atoms with Crippen LogP contribution in [0.3, 0.4) is 0 Å². The fourth-order valence-corrected chi connectivity index (χ4v) is 3.46. The highest BCUT2D eigenvalue weighted by molar-refractivity contribution is 7.89. The van der Waals surface area contributed by atoms with Crippen molar-refractivity contribution < 1.29 is 12.8 Å². The Hall–Kier alpha value is -0.980. The van der Waals surface area contributed by atoms with Gasteiger partial charge < -0.3 is 5.32 Å². The molecule has 0 bridgehead atoms. The molecule has 0 amide bonds. The fourth-order valence-electron chi connectivity index (χ4n) is 2.33. The first-order valence-electron chi connectivity index (χ1n) is 7.25. The topological polar surface area (TPSA) is 58.2 Å². The lowest BCUT2D eigenvalue weighted by Gasteiger charge is -2.10. The summed E-state index contributed by atoms with van der Waals surface area (Å²) < 4.78 is 40.8. The van der Waals surface area contributed by atoms with Crippen LogP contribution < -0.4 is 10.0 Å². The van der Waals surface area contributed by atoms with Crippen LogP contribution in [0.25, 0.3) is 0 Å². The summed E-state index contributed by atoms with van der Waals surface area (Å²) in [4.78, 5) is 0.121. The van der Waals surface area contributed by atoms with E-state index in [1.807, 2.05) is 6.92 Å². The van der Waals surface area contributed by atoms with Gasteiger partial charge in [0.2, 0.25) is 10.0 Å². The number of halogens is 1. The molecule has 0 radical (unpaired) electrons. The van der Waals surface area contributed by atoms with Crippen molar-refractivity contribution in [3.05, 3.63) is 29.6 Å². The van der Waals surface area contributed by atoms with E-state index in [1.54, 1.807) is 0 Å². The van der Waals surface area contributed by atoms with Crippen LogP contribution in [-0.2, 0) is 16.6 Å². The van der Waals surface area contributed by atoms with E-state index < -0.39 is 15.8 Å². The van der Waals surface area contributed by atoms with Crippen molar-refractivity contribution in [1.82, 2.24) is 10.0 Å². The molecule has 118 valence electrons. The summed E-state index contributed by atoms with van der Waals surface area (Å²) in [6.07, 6.45) is 1.03. The highest BCUT2D eigenvalue weighted by atomic mass is 32.2. The molecular formula is C15H23FN2O2S. The fraction of sp³-hybridized carbons (Fsp3) is 0.600. The predicted molar refractivity (Wildman–Crippen MR) is 80.9 cm³/mol. The van der Waals surface area contributed by atoms with E-state index >= 15 is 0 Å². The molecule has 1 aliphatic rings. The Morgan fingerprint density at radius 3 is 2.62 bits per heavy atom. The Kier molecular flexibility index (Phi) is 4.70. The largest absolute Gasteiger partial charge is 0.313 e. The van der Waals surface area contributed by atoms with Crippen LogP contribution in [0.5, 0.6) is 0 Å². The molecule has 1 aliphatic carbocycles. The zero-order chi connectivity index (χ0) is 15.7. The minimum absolute atomic E-state index is 0.121. The highest BCUT2D eigenvalue weighted by Gasteiger charge is 2.45. The van der Waals surface area contributed by atoms with Gasteiger partial charge in [-0.25, -0.2) is 17.5 Å². The molecule has 0 spiro atoms. The van der Waals surface area contributed by atoms with Gasteiger partial charge in [-0.3, -0.25) is 0 Å². The van der Waals surface area contributed by atoms with Crippen molar-refractivity contribution in [2.75, 3.05) is 13.1 Å². The minimum Gasteiger partial charge on any atom is -0.313 e. The van der Waals surface area contributed by atoms with Crippen LogP contribution in [0.2, 0.25) is 0 Å². The van der Waals surface area contributed by atoms with E-state index in [1.165, 1.54) is 18.2 Å². The molecule has 2 rings (SSSR count). The molecule has 0 aromatic heterocycles. The first-order chi connectivity index (χ1) is 9.76. The number of sulfonamides is 1. The van der Waals surface area contributed by atoms with Gasteiger partial charge in [0.15, 0.2) is 0 Å². The summed E-state index contributed by atoms with van der Waals surface area (Å²) in [6.45, 7) is 7.62. The Labute approximate surface area is 126 Å². The van der Waals surface area contributed by atoms with Crippen molar-refractivity contribution in [2.45, 2.75) is 38.6 Å². The van der Waals surface area contributed by atoms with Crippen LogP contribution in [0, 0.1) is 17.2 Å². The third-order valence-electron chi connectivity index (χ3n) is 4.13. The van der Waals surface area contributed by atoms with E-state index in [0.29, 0.717) is 31.1 Å². The average molecular weight is 314 g/mol. The first-order valence-corrected chi connectivity index (χ1v) is 8.73. The normalized spacial score (nSPS) is 20.5. The van der Waals surface area contributed by atoms with Crippen molar-refractivity contribution in [1.29, 1.82) is 0 Å². The van der Waals surface area contributed by atoms with Crippen LogP contribution in [-0.4, -0.2) is 21.5 Å². The summed E-state index contributed by atoms with van der Waals surface area (Å²) >= 11 is 0. The summed E-state index contributed by atoms with van der Waals surface area (Å²) in [5.41, 5.74) is 0.591. The van der Waals surface area contributed by atoms with Gasteiger partial charge >= 0.3 is 0 Å². The third-order valence-corrected chi connectivity index (χ3v) is 5.55. The highest BCUT2D eigenvalue weighted by Crippen LogP contribution is 2.51. The van der Waals surface area contributed by atoms with Crippen LogP contribution in [0.1, 0.15) is 32.8 Å². The van der Waals surface area contributed by atoms with E-state index in [0.717, 1.165) is 6.42 Å². The van der Waals surface area contributed by atoms with E-state index in [2.05, 4.69) is 23.9 Å². The zero-order valence-corrected chi connectivity index (χ0v) is 13.6. The van der Waals surface area contributed by atoms with Gasteiger partial charge in [-0.1, -0.05) is 20.8 Å². The molecule has 1 aromatic rings. The van der Waals surface area contributed by atoms with Gasteiger partial charge in [0, 0.05) is 18.7 Å². The predicted octanol–water partition coefficient (Wildman–Crippen LogP) is 2.26. The van der Waals surface area contributed by atoms with Gasteiger partial charge in [0.05, 0.1) is 4.90 Å². The Bertz CT molecular complexity index is 614. The van der Waals surface area contributed by atoms with E-state index in [9.17, 15) is 12.8 Å². The number of hydrogen-bond acceptors (Lipinski definition) is 3. The molecule has 1 saturated carbocycles. The Morgan fingerprint density at radius 1 is 1.38 bits per heavy atom. The molecule has 2 N–H and O–H groups in total. The summed E-state index contributed by atoms with van der Waals surface area (Å²) in [6, 6.07) is 3.92. The summed E-state index contributed by atoms with van der Waals surface area (Å²) in [7, 11) is -3.57. The average Bonchev–Trinajstić information content (AvgIpc) is 3.03. The molecule has 4 nitrogen and oxygen atoms in total. The maximum atomic E-state index is 13.7. The molecule has 1 aromatic carbocycles. The van der Waals surface area contributed by atoms with E-state index in [-0.39, 0.29) is 10.3 Å². The molecule has 6 heteroatoms. The third kappa shape index (κ3) is 4.02. The quantitative estimate of drug-likeness (QED) is 0.811. The Balaban J connectivity index is 2.08. The number of nitrogens with one attached hydrogen (secondary N) is 2. The number of hydrogen-bond donors (Lipinski definition) is 2. The lowest BCUT2D eigenvalue weighted by Crippen LogP contribution is -2.27. The molecular weight excluding hydrogens is 291 g/mol. The maximum Gasteiger partial charge on any atom is 0.240 e. The second kappa shape index (κ2) is 6.02. The van der Waals surface area contributed by atoms with Gasteiger partial charge in [0.1, 0.15) is 5.82 Å². The van der Waals surface area contributed by atoms with Crippen LogP contribution >= 0.6 is 0 Å². The molecule has 0 heterocycles. The summed E-state index contributed by atoms with van der Waals surface area (Å²) in [5, 5.41) is 3.00. The van der Waals surface area contributed by atoms with Crippen LogP contribution in [0.4, 0.5) is 4.39 Å². The van der Waals surface area contributed by atoms with Crippen molar-refractivity contribution in [2.24, 2.45) is 11.3 Å². The van der Waals surface area contributed by atoms with Crippen molar-refractivity contribution in [3.8, 4) is 0 Å².